The highest BCUT2D eigenvalue weighted by Crippen LogP contribution is 2.51. The van der Waals surface area contributed by atoms with Crippen molar-refractivity contribution < 1.29 is 0 Å². The van der Waals surface area contributed by atoms with Gasteiger partial charge in [0.05, 0.1) is 0 Å². The number of fused-ring (bicyclic) bond motifs is 17. The fraction of sp³-hybridized carbons (Fsp3) is 0. The fourth-order valence-electron chi connectivity index (χ4n) is 13.2. The van der Waals surface area contributed by atoms with Crippen LogP contribution in [0.2, 0.25) is 0 Å². The van der Waals surface area contributed by atoms with Crippen molar-refractivity contribution in [2.24, 2.45) is 0 Å². The second-order valence-electron chi connectivity index (χ2n) is 20.2. The van der Waals surface area contributed by atoms with E-state index in [0.717, 1.165) is 0 Å². The molecule has 0 heterocycles. The molecule has 0 spiro atoms. The molecule has 0 radical (unpaired) electrons. The largest absolute Gasteiger partial charge is 0.0622 e. The van der Waals surface area contributed by atoms with Crippen molar-refractivity contribution in [2.75, 3.05) is 0 Å². The van der Waals surface area contributed by atoms with E-state index in [1.165, 1.54) is 163 Å². The third kappa shape index (κ3) is 5.97. The Morgan fingerprint density at radius 1 is 0.135 bits per heavy atom. The Balaban J connectivity index is 0.988. The quantitative estimate of drug-likeness (QED) is 0.122. The van der Waals surface area contributed by atoms with Gasteiger partial charge in [-0.1, -0.05) is 231 Å². The van der Waals surface area contributed by atoms with Gasteiger partial charge in [-0.05, 0) is 199 Å². The summed E-state index contributed by atoms with van der Waals surface area (Å²) in [5.74, 6) is 0. The van der Waals surface area contributed by atoms with Gasteiger partial charge >= 0.3 is 0 Å². The standard InChI is InChI=1S/C74H44/c1-3-19-45(20-4-1)69-57-31-15-17-33-59(57)71(67-41-49-25-9-7-23-47(49)39-65(67)69)51-35-37-61-63(43-51)53-27-11-13-29-55(53)74-62-38-36-52(44-64(62)54-28-12-14-30-56(54)73(61)74)72-60-34-18-16-32-58(60)70(46-21-5-2-6-22-46)66-40-48-24-8-10-26-50(48)42-68(66)72/h1-44H. The van der Waals surface area contributed by atoms with Crippen LogP contribution in [0.5, 0.6) is 0 Å². The van der Waals surface area contributed by atoms with Gasteiger partial charge in [0, 0.05) is 0 Å². The molecule has 0 saturated carbocycles. The molecule has 0 N–H and O–H groups in total. The van der Waals surface area contributed by atoms with Crippen molar-refractivity contribution >= 4 is 118 Å². The van der Waals surface area contributed by atoms with Gasteiger partial charge in [0.1, 0.15) is 0 Å². The van der Waals surface area contributed by atoms with E-state index < -0.39 is 0 Å². The summed E-state index contributed by atoms with van der Waals surface area (Å²) in [6, 6.07) is 100. The summed E-state index contributed by atoms with van der Waals surface area (Å²) in [5, 5.41) is 27.8. The van der Waals surface area contributed by atoms with E-state index in [4.69, 9.17) is 0 Å². The second-order valence-corrected chi connectivity index (χ2v) is 20.2. The Kier molecular flexibility index (Phi) is 8.84. The van der Waals surface area contributed by atoms with Crippen LogP contribution in [-0.2, 0) is 0 Å². The summed E-state index contributed by atoms with van der Waals surface area (Å²) in [6.45, 7) is 0. The summed E-state index contributed by atoms with van der Waals surface area (Å²) in [6.07, 6.45) is 0. The minimum Gasteiger partial charge on any atom is -0.0622 e. The molecular weight excluding hydrogens is 889 g/mol. The third-order valence-electron chi connectivity index (χ3n) is 16.3. The maximum Gasteiger partial charge on any atom is -0.00139 e. The zero-order valence-corrected chi connectivity index (χ0v) is 40.4. The van der Waals surface area contributed by atoms with Crippen molar-refractivity contribution in [3.8, 4) is 44.5 Å². The molecule has 0 aromatic heterocycles. The average molecular weight is 933 g/mol. The SMILES string of the molecule is c1ccc(-c2c3ccccc3c(-c3ccc4c(c3)c3ccccc3c3c5ccc(-c6c7ccccc7c(-c7ccccc7)c7cc8ccccc8cc67)cc5c5ccccc5c43)c3cc4ccccc4cc23)cc1. The summed E-state index contributed by atoms with van der Waals surface area (Å²) in [4.78, 5) is 0. The normalized spacial score (nSPS) is 12.1. The molecule has 0 fully saturated rings. The van der Waals surface area contributed by atoms with Crippen LogP contribution in [-0.4, -0.2) is 0 Å². The van der Waals surface area contributed by atoms with Crippen molar-refractivity contribution in [1.82, 2.24) is 0 Å². The van der Waals surface area contributed by atoms with Crippen LogP contribution in [0.4, 0.5) is 0 Å². The topological polar surface area (TPSA) is 0 Å². The molecule has 16 aromatic rings. The Bertz CT molecular complexity index is 4720. The van der Waals surface area contributed by atoms with Gasteiger partial charge in [-0.2, -0.15) is 0 Å². The Labute approximate surface area is 427 Å². The smallest absolute Gasteiger partial charge is 0.00139 e. The van der Waals surface area contributed by atoms with Gasteiger partial charge in [-0.15, -0.1) is 0 Å². The van der Waals surface area contributed by atoms with Crippen LogP contribution in [0, 0.1) is 0 Å². The third-order valence-corrected chi connectivity index (χ3v) is 16.3. The van der Waals surface area contributed by atoms with Gasteiger partial charge in [0.15, 0.2) is 0 Å². The van der Waals surface area contributed by atoms with Crippen LogP contribution in [0.3, 0.4) is 0 Å². The van der Waals surface area contributed by atoms with E-state index in [0.29, 0.717) is 0 Å². The first kappa shape index (κ1) is 41.0. The fourth-order valence-corrected chi connectivity index (χ4v) is 13.2. The summed E-state index contributed by atoms with van der Waals surface area (Å²) >= 11 is 0. The van der Waals surface area contributed by atoms with Crippen molar-refractivity contribution in [2.45, 2.75) is 0 Å². The van der Waals surface area contributed by atoms with E-state index in [1.54, 1.807) is 0 Å². The molecule has 0 heteroatoms. The molecule has 0 aliphatic heterocycles. The lowest BCUT2D eigenvalue weighted by molar-refractivity contribution is 1.67. The van der Waals surface area contributed by atoms with Gasteiger partial charge in [0.2, 0.25) is 0 Å². The molecule has 0 unspecified atom stereocenters. The average Bonchev–Trinajstić information content (AvgIpc) is 3.49. The lowest BCUT2D eigenvalue weighted by atomic mass is 9.82. The Hall–Kier alpha value is -9.62. The van der Waals surface area contributed by atoms with Crippen LogP contribution in [0.1, 0.15) is 0 Å². The lowest BCUT2D eigenvalue weighted by Crippen LogP contribution is -1.93. The van der Waals surface area contributed by atoms with Gasteiger partial charge < -0.3 is 0 Å². The molecule has 0 saturated heterocycles. The van der Waals surface area contributed by atoms with E-state index in [2.05, 4.69) is 267 Å². The molecule has 0 atom stereocenters. The first-order valence-corrected chi connectivity index (χ1v) is 25.8. The molecule has 0 amide bonds. The first-order valence-electron chi connectivity index (χ1n) is 25.8. The summed E-state index contributed by atoms with van der Waals surface area (Å²) < 4.78 is 0. The zero-order valence-electron chi connectivity index (χ0n) is 40.4. The molecule has 74 heavy (non-hydrogen) atoms. The minimum absolute atomic E-state index is 1.22. The first-order chi connectivity index (χ1) is 36.7. The highest BCUT2D eigenvalue weighted by Gasteiger charge is 2.23. The maximum absolute atomic E-state index is 2.50. The molecule has 0 aliphatic carbocycles. The monoisotopic (exact) mass is 932 g/mol. The zero-order chi connectivity index (χ0) is 48.4. The molecular formula is C74H44. The Morgan fingerprint density at radius 2 is 0.392 bits per heavy atom. The van der Waals surface area contributed by atoms with Crippen LogP contribution >= 0.6 is 0 Å². The number of hydrogen-bond donors (Lipinski definition) is 0. The van der Waals surface area contributed by atoms with E-state index >= 15 is 0 Å². The van der Waals surface area contributed by atoms with E-state index in [9.17, 15) is 0 Å². The summed E-state index contributed by atoms with van der Waals surface area (Å²) in [7, 11) is 0. The molecule has 16 aromatic carbocycles. The highest BCUT2D eigenvalue weighted by molar-refractivity contribution is 6.40. The maximum atomic E-state index is 2.50. The molecule has 0 bridgehead atoms. The van der Waals surface area contributed by atoms with Crippen LogP contribution in [0.25, 0.3) is 163 Å². The second kappa shape index (κ2) is 15.9. The van der Waals surface area contributed by atoms with E-state index in [1.807, 2.05) is 0 Å². The minimum atomic E-state index is 1.22. The van der Waals surface area contributed by atoms with Crippen molar-refractivity contribution in [1.29, 1.82) is 0 Å². The van der Waals surface area contributed by atoms with E-state index in [-0.39, 0.29) is 0 Å². The number of rotatable bonds is 4. The van der Waals surface area contributed by atoms with Crippen LogP contribution < -0.4 is 0 Å². The molecule has 0 aliphatic rings. The van der Waals surface area contributed by atoms with Crippen molar-refractivity contribution in [3.63, 3.8) is 0 Å². The lowest BCUT2D eigenvalue weighted by Gasteiger charge is -2.21. The number of hydrogen-bond acceptors (Lipinski definition) is 0. The molecule has 16 rings (SSSR count). The van der Waals surface area contributed by atoms with Gasteiger partial charge in [-0.3, -0.25) is 0 Å². The number of benzene rings is 16. The molecule has 0 nitrogen and oxygen atoms in total. The van der Waals surface area contributed by atoms with Crippen LogP contribution in [0.15, 0.2) is 267 Å². The predicted octanol–water partition coefficient (Wildman–Crippen LogP) is 21.0. The summed E-state index contributed by atoms with van der Waals surface area (Å²) in [5.41, 5.74) is 10.0. The predicted molar refractivity (Wildman–Crippen MR) is 321 cm³/mol. The van der Waals surface area contributed by atoms with Gasteiger partial charge in [0.25, 0.3) is 0 Å². The highest BCUT2D eigenvalue weighted by atomic mass is 14.3. The molecule has 340 valence electrons. The Morgan fingerprint density at radius 3 is 0.730 bits per heavy atom. The van der Waals surface area contributed by atoms with Crippen molar-refractivity contribution in [3.05, 3.63) is 267 Å². The van der Waals surface area contributed by atoms with Gasteiger partial charge in [-0.25, -0.2) is 0 Å².